The maximum atomic E-state index is 14.0. The number of carbonyl (C=O) groups excluding carboxylic acids is 1. The van der Waals surface area contributed by atoms with Gasteiger partial charge < -0.3 is 14.2 Å². The lowest BCUT2D eigenvalue weighted by molar-refractivity contribution is 0.0987. The lowest BCUT2D eigenvalue weighted by Gasteiger charge is -2.22. The number of rotatable bonds is 12. The molecule has 0 aliphatic carbocycles. The highest BCUT2D eigenvalue weighted by Gasteiger charge is 2.23. The molecule has 0 unspecified atom stereocenters. The summed E-state index contributed by atoms with van der Waals surface area (Å²) in [6, 6.07) is 14.2. The molecule has 41 heavy (non-hydrogen) atoms. The van der Waals surface area contributed by atoms with E-state index in [1.807, 2.05) is 42.7 Å². The Morgan fingerprint density at radius 2 is 1.56 bits per heavy atom. The zero-order valence-electron chi connectivity index (χ0n) is 23.7. The zero-order chi connectivity index (χ0) is 29.5. The molecule has 0 saturated heterocycles. The fourth-order valence-electron chi connectivity index (χ4n) is 5.05. The smallest absolute Gasteiger partial charge is 0.263 e. The first-order chi connectivity index (χ1) is 19.7. The Balaban J connectivity index is 1.76. The second-order valence-corrected chi connectivity index (χ2v) is 11.0. The Bertz CT molecular complexity index is 1560. The molecule has 0 bridgehead atoms. The van der Waals surface area contributed by atoms with Gasteiger partial charge in [-0.2, -0.15) is 0 Å². The number of benzene rings is 3. The van der Waals surface area contributed by atoms with E-state index in [0.717, 1.165) is 59.6 Å². The van der Waals surface area contributed by atoms with Crippen molar-refractivity contribution in [2.45, 2.75) is 52.9 Å². The molecule has 0 N–H and O–H groups in total. The first-order valence-electron chi connectivity index (χ1n) is 14.0. The van der Waals surface area contributed by atoms with Crippen LogP contribution in [-0.2, 0) is 0 Å². The number of carbonyl (C=O) groups is 1. The van der Waals surface area contributed by atoms with Crippen molar-refractivity contribution in [3.8, 4) is 11.4 Å². The number of alkyl halides is 1. The summed E-state index contributed by atoms with van der Waals surface area (Å²) < 4.78 is 35.9. The fraction of sp³-hybridized carbons (Fsp3) is 0.333. The molecule has 0 fully saturated rings. The van der Waals surface area contributed by atoms with Gasteiger partial charge in [0, 0.05) is 47.0 Å². The van der Waals surface area contributed by atoms with Gasteiger partial charge in [0.25, 0.3) is 5.91 Å². The number of hydrogen-bond donors (Lipinski definition) is 0. The van der Waals surface area contributed by atoms with Gasteiger partial charge in [-0.15, -0.1) is 0 Å². The number of nitrogens with zero attached hydrogens (tertiary/aromatic N) is 2. The number of fused-ring (bicyclic) bond motifs is 1. The van der Waals surface area contributed by atoms with E-state index < -0.39 is 23.0 Å². The molecular formula is C33H35BrF2N2O3. The Hall–Kier alpha value is -3.52. The maximum absolute atomic E-state index is 14.0. The van der Waals surface area contributed by atoms with E-state index >= 15 is 0 Å². The van der Waals surface area contributed by atoms with E-state index in [2.05, 4.69) is 15.9 Å². The van der Waals surface area contributed by atoms with Gasteiger partial charge in [-0.3, -0.25) is 9.59 Å². The average Bonchev–Trinajstić information content (AvgIpc) is 2.92. The second kappa shape index (κ2) is 13.9. The molecule has 1 amide bonds. The van der Waals surface area contributed by atoms with Crippen molar-refractivity contribution >= 4 is 38.4 Å². The van der Waals surface area contributed by atoms with Gasteiger partial charge in [0.05, 0.1) is 12.1 Å². The number of hydrogen-bond acceptors (Lipinski definition) is 3. The molecule has 5 nitrogen and oxygen atoms in total. The Morgan fingerprint density at radius 1 is 0.902 bits per heavy atom. The van der Waals surface area contributed by atoms with E-state index in [0.29, 0.717) is 23.3 Å². The van der Waals surface area contributed by atoms with Gasteiger partial charge >= 0.3 is 0 Å². The number of unbranched alkanes of at least 4 members (excludes halogenated alkanes) is 4. The molecule has 0 radical (unpaired) electrons. The van der Waals surface area contributed by atoms with Crippen LogP contribution in [0.15, 0.2) is 65.6 Å². The molecular weight excluding hydrogens is 590 g/mol. The van der Waals surface area contributed by atoms with Crippen molar-refractivity contribution in [2.24, 2.45) is 0 Å². The number of amides is 1. The molecule has 1 aromatic heterocycles. The molecule has 0 aliphatic rings. The molecule has 4 aromatic rings. The van der Waals surface area contributed by atoms with Crippen LogP contribution in [0.4, 0.5) is 14.5 Å². The molecule has 0 aliphatic heterocycles. The number of aryl methyl sites for hydroxylation is 2. The van der Waals surface area contributed by atoms with Gasteiger partial charge in [0.15, 0.2) is 0 Å². The van der Waals surface area contributed by atoms with Crippen molar-refractivity contribution in [1.82, 2.24) is 4.57 Å². The summed E-state index contributed by atoms with van der Waals surface area (Å²) in [6.07, 6.45) is 7.06. The van der Waals surface area contributed by atoms with Crippen molar-refractivity contribution < 1.29 is 18.3 Å². The largest absolute Gasteiger partial charge is 0.494 e. The molecule has 3 aromatic carbocycles. The molecule has 0 atom stereocenters. The quantitative estimate of drug-likeness (QED) is 0.118. The topological polar surface area (TPSA) is 51.5 Å². The number of halogens is 3. The fourth-order valence-corrected chi connectivity index (χ4v) is 5.45. The van der Waals surface area contributed by atoms with Crippen molar-refractivity contribution in [1.29, 1.82) is 0 Å². The van der Waals surface area contributed by atoms with E-state index in [9.17, 15) is 18.4 Å². The summed E-state index contributed by atoms with van der Waals surface area (Å²) in [4.78, 5) is 28.7. The molecule has 1 heterocycles. The van der Waals surface area contributed by atoms with Crippen LogP contribution < -0.4 is 15.1 Å². The highest BCUT2D eigenvalue weighted by atomic mass is 79.9. The minimum Gasteiger partial charge on any atom is -0.494 e. The van der Waals surface area contributed by atoms with Crippen LogP contribution in [0.2, 0.25) is 0 Å². The SMILES string of the molecule is CCN(C(=O)c1cn(-c2cc(C)cc(C)c2)c2cc(OCCCCCCCBr)ccc2c1=O)c1cc(F)cc(F)c1. The standard InChI is InChI=1S/C33H35BrF2N2O3/c1-4-37(27-18-24(35)17-25(36)19-27)33(40)30-21-38(26-15-22(2)14-23(3)16-26)31-20-28(10-11-29(31)32(30)39)41-13-9-7-5-6-8-12-34/h10-11,14-21H,4-9,12-13H2,1-3H3. The normalized spacial score (nSPS) is 11.2. The van der Waals surface area contributed by atoms with Crippen LogP contribution in [0.5, 0.6) is 5.75 Å². The van der Waals surface area contributed by atoms with Gasteiger partial charge in [-0.25, -0.2) is 8.78 Å². The molecule has 0 saturated carbocycles. The van der Waals surface area contributed by atoms with Gasteiger partial charge in [0.2, 0.25) is 5.43 Å². The first kappa shape index (κ1) is 30.4. The van der Waals surface area contributed by atoms with E-state index in [1.54, 1.807) is 19.1 Å². The molecule has 8 heteroatoms. The Kier molecular flexibility index (Phi) is 10.3. The summed E-state index contributed by atoms with van der Waals surface area (Å²) in [6.45, 7) is 6.34. The predicted molar refractivity (Wildman–Crippen MR) is 165 cm³/mol. The van der Waals surface area contributed by atoms with Crippen LogP contribution >= 0.6 is 15.9 Å². The van der Waals surface area contributed by atoms with Crippen molar-refractivity contribution in [3.05, 3.63) is 99.3 Å². The number of anilines is 1. The minimum absolute atomic E-state index is 0.0448. The molecule has 4 rings (SSSR count). The van der Waals surface area contributed by atoms with Gasteiger partial charge in [-0.1, -0.05) is 41.3 Å². The summed E-state index contributed by atoms with van der Waals surface area (Å²) in [5, 5.41) is 1.37. The highest BCUT2D eigenvalue weighted by Crippen LogP contribution is 2.26. The summed E-state index contributed by atoms with van der Waals surface area (Å²) in [7, 11) is 0. The second-order valence-electron chi connectivity index (χ2n) is 10.2. The monoisotopic (exact) mass is 624 g/mol. The van der Waals surface area contributed by atoms with Crippen LogP contribution in [0.1, 0.15) is 60.5 Å². The minimum atomic E-state index is -0.802. The Labute approximate surface area is 247 Å². The molecule has 216 valence electrons. The third kappa shape index (κ3) is 7.41. The van der Waals surface area contributed by atoms with E-state index in [-0.39, 0.29) is 17.8 Å². The third-order valence-corrected chi connectivity index (χ3v) is 7.52. The van der Waals surface area contributed by atoms with Crippen LogP contribution in [0, 0.1) is 25.5 Å². The van der Waals surface area contributed by atoms with Crippen LogP contribution in [0.3, 0.4) is 0 Å². The lowest BCUT2D eigenvalue weighted by atomic mass is 10.1. The number of pyridine rings is 1. The maximum Gasteiger partial charge on any atom is 0.263 e. The highest BCUT2D eigenvalue weighted by molar-refractivity contribution is 9.09. The van der Waals surface area contributed by atoms with Crippen LogP contribution in [0.25, 0.3) is 16.6 Å². The van der Waals surface area contributed by atoms with Gasteiger partial charge in [0.1, 0.15) is 22.9 Å². The number of ether oxygens (including phenoxy) is 1. The Morgan fingerprint density at radius 3 is 2.22 bits per heavy atom. The summed E-state index contributed by atoms with van der Waals surface area (Å²) in [5.41, 5.74) is 2.93. The van der Waals surface area contributed by atoms with Gasteiger partial charge in [-0.05, 0) is 81.1 Å². The van der Waals surface area contributed by atoms with Crippen molar-refractivity contribution in [2.75, 3.05) is 23.4 Å². The predicted octanol–water partition coefficient (Wildman–Crippen LogP) is 8.28. The third-order valence-electron chi connectivity index (χ3n) is 6.96. The number of aromatic nitrogens is 1. The van der Waals surface area contributed by atoms with Crippen LogP contribution in [-0.4, -0.2) is 29.0 Å². The van der Waals surface area contributed by atoms with E-state index in [4.69, 9.17) is 4.74 Å². The molecule has 0 spiro atoms. The van der Waals surface area contributed by atoms with E-state index in [1.165, 1.54) is 23.9 Å². The summed E-state index contributed by atoms with van der Waals surface area (Å²) in [5.74, 6) is -1.60. The summed E-state index contributed by atoms with van der Waals surface area (Å²) >= 11 is 3.46. The lowest BCUT2D eigenvalue weighted by Crippen LogP contribution is -2.35. The zero-order valence-corrected chi connectivity index (χ0v) is 25.3. The average molecular weight is 626 g/mol. The first-order valence-corrected chi connectivity index (χ1v) is 15.1. The van der Waals surface area contributed by atoms with Crippen molar-refractivity contribution in [3.63, 3.8) is 0 Å².